The van der Waals surface area contributed by atoms with Gasteiger partial charge < -0.3 is 9.47 Å². The Morgan fingerprint density at radius 2 is 1.79 bits per heavy atom. The maximum atomic E-state index is 12.1. The highest BCUT2D eigenvalue weighted by Crippen LogP contribution is 2.44. The van der Waals surface area contributed by atoms with E-state index in [1.54, 1.807) is 0 Å². The predicted molar refractivity (Wildman–Crippen MR) is 67.4 cm³/mol. The fourth-order valence-electron chi connectivity index (χ4n) is 3.55. The van der Waals surface area contributed by atoms with Crippen molar-refractivity contribution in [3.05, 3.63) is 0 Å². The maximum absolute atomic E-state index is 12.1. The minimum absolute atomic E-state index is 0.150. The second-order valence-corrected chi connectivity index (χ2v) is 6.09. The largest absolute Gasteiger partial charge is 0.462 e. The first-order valence-corrected chi connectivity index (χ1v) is 7.25. The quantitative estimate of drug-likeness (QED) is 0.554. The van der Waals surface area contributed by atoms with Gasteiger partial charge in [-0.25, -0.2) is 0 Å². The van der Waals surface area contributed by atoms with Crippen molar-refractivity contribution in [1.82, 2.24) is 4.90 Å². The Labute approximate surface area is 113 Å². The van der Waals surface area contributed by atoms with Gasteiger partial charge in [0.15, 0.2) is 5.41 Å². The van der Waals surface area contributed by atoms with Crippen molar-refractivity contribution >= 4 is 11.9 Å². The van der Waals surface area contributed by atoms with Gasteiger partial charge in [0.2, 0.25) is 0 Å². The first kappa shape index (κ1) is 12.9. The molecule has 5 heteroatoms. The zero-order chi connectivity index (χ0) is 13.5. The standard InChI is InChI=1S/C14H21NO4/c1-10-7-14(12(16)18-10)8-11(19-13(14)17)9-15-5-3-2-4-6-15/h10-11H,2-9H2,1H3. The van der Waals surface area contributed by atoms with Crippen LogP contribution in [0.1, 0.15) is 39.0 Å². The van der Waals surface area contributed by atoms with Crippen LogP contribution in [0, 0.1) is 5.41 Å². The lowest BCUT2D eigenvalue weighted by Crippen LogP contribution is -2.36. The summed E-state index contributed by atoms with van der Waals surface area (Å²) < 4.78 is 10.6. The Hall–Kier alpha value is -1.10. The van der Waals surface area contributed by atoms with Crippen LogP contribution < -0.4 is 0 Å². The average Bonchev–Trinajstić information content (AvgIpc) is 2.82. The monoisotopic (exact) mass is 267 g/mol. The summed E-state index contributed by atoms with van der Waals surface area (Å²) in [5.74, 6) is -0.755. The minimum Gasteiger partial charge on any atom is -0.462 e. The summed E-state index contributed by atoms with van der Waals surface area (Å²) in [6.07, 6.45) is 4.36. The van der Waals surface area contributed by atoms with Crippen LogP contribution in [-0.4, -0.2) is 48.7 Å². The van der Waals surface area contributed by atoms with E-state index in [0.717, 1.165) is 19.6 Å². The lowest BCUT2D eigenvalue weighted by Gasteiger charge is -2.28. The Morgan fingerprint density at radius 3 is 2.42 bits per heavy atom. The third-order valence-electron chi connectivity index (χ3n) is 4.49. The highest BCUT2D eigenvalue weighted by atomic mass is 16.6. The number of nitrogens with zero attached hydrogens (tertiary/aromatic N) is 1. The fraction of sp³-hybridized carbons (Fsp3) is 0.857. The van der Waals surface area contributed by atoms with Crippen molar-refractivity contribution in [2.75, 3.05) is 19.6 Å². The zero-order valence-electron chi connectivity index (χ0n) is 11.4. The molecule has 3 saturated heterocycles. The lowest BCUT2D eigenvalue weighted by atomic mass is 9.82. The van der Waals surface area contributed by atoms with Gasteiger partial charge in [-0.05, 0) is 32.9 Å². The topological polar surface area (TPSA) is 55.8 Å². The Kier molecular flexibility index (Phi) is 3.25. The third kappa shape index (κ3) is 2.24. The van der Waals surface area contributed by atoms with Gasteiger partial charge in [-0.15, -0.1) is 0 Å². The molecule has 0 aliphatic carbocycles. The van der Waals surface area contributed by atoms with Gasteiger partial charge in [0.25, 0.3) is 0 Å². The van der Waals surface area contributed by atoms with Gasteiger partial charge in [-0.3, -0.25) is 14.5 Å². The molecule has 0 radical (unpaired) electrons. The van der Waals surface area contributed by atoms with E-state index >= 15 is 0 Å². The van der Waals surface area contributed by atoms with Gasteiger partial charge in [0, 0.05) is 19.4 Å². The summed E-state index contributed by atoms with van der Waals surface area (Å²) in [7, 11) is 0. The van der Waals surface area contributed by atoms with Gasteiger partial charge in [0.05, 0.1) is 0 Å². The minimum atomic E-state index is -1.00. The molecule has 0 amide bonds. The molecule has 3 aliphatic heterocycles. The van der Waals surface area contributed by atoms with Crippen LogP contribution in [0.2, 0.25) is 0 Å². The number of piperidine rings is 1. The second-order valence-electron chi connectivity index (χ2n) is 6.09. The van der Waals surface area contributed by atoms with Crippen LogP contribution in [0.3, 0.4) is 0 Å². The highest BCUT2D eigenvalue weighted by molar-refractivity contribution is 6.02. The number of cyclic esters (lactones) is 2. The molecular weight excluding hydrogens is 246 g/mol. The second kappa shape index (κ2) is 4.78. The molecule has 0 aromatic carbocycles. The molecule has 1 spiro atoms. The van der Waals surface area contributed by atoms with Crippen LogP contribution in [0.5, 0.6) is 0 Å². The first-order chi connectivity index (χ1) is 9.10. The Balaban J connectivity index is 1.64. The van der Waals surface area contributed by atoms with Gasteiger partial charge >= 0.3 is 11.9 Å². The summed E-state index contributed by atoms with van der Waals surface area (Å²) in [5.41, 5.74) is -1.00. The van der Waals surface area contributed by atoms with E-state index in [1.807, 2.05) is 6.92 Å². The highest BCUT2D eigenvalue weighted by Gasteiger charge is 2.60. The van der Waals surface area contributed by atoms with Crippen LogP contribution in [0.15, 0.2) is 0 Å². The summed E-state index contributed by atoms with van der Waals surface area (Å²) in [6, 6.07) is 0. The van der Waals surface area contributed by atoms with Crippen molar-refractivity contribution in [3.8, 4) is 0 Å². The summed E-state index contributed by atoms with van der Waals surface area (Å²) in [4.78, 5) is 26.3. The van der Waals surface area contributed by atoms with Crippen molar-refractivity contribution in [1.29, 1.82) is 0 Å². The SMILES string of the molecule is CC1CC2(CC(CN3CCCCC3)OC2=O)C(=O)O1. The predicted octanol–water partition coefficient (Wildman–Crippen LogP) is 1.11. The summed E-state index contributed by atoms with van der Waals surface area (Å²) in [5, 5.41) is 0. The average molecular weight is 267 g/mol. The van der Waals surface area contributed by atoms with E-state index in [4.69, 9.17) is 9.47 Å². The molecule has 0 aromatic heterocycles. The first-order valence-electron chi connectivity index (χ1n) is 7.25. The Morgan fingerprint density at radius 1 is 1.11 bits per heavy atom. The molecule has 3 fully saturated rings. The lowest BCUT2D eigenvalue weighted by molar-refractivity contribution is -0.158. The molecule has 0 aromatic rings. The van der Waals surface area contributed by atoms with Gasteiger partial charge in [0.1, 0.15) is 12.2 Å². The molecule has 106 valence electrons. The number of ether oxygens (including phenoxy) is 2. The number of carbonyl (C=O) groups is 2. The van der Waals surface area contributed by atoms with E-state index in [0.29, 0.717) is 12.8 Å². The molecule has 3 aliphatic rings. The maximum Gasteiger partial charge on any atom is 0.324 e. The van der Waals surface area contributed by atoms with Crippen LogP contribution in [0.25, 0.3) is 0 Å². The zero-order valence-corrected chi connectivity index (χ0v) is 11.4. The number of carbonyl (C=O) groups excluding carboxylic acids is 2. The van der Waals surface area contributed by atoms with Crippen molar-refractivity contribution in [2.45, 2.75) is 51.2 Å². The number of likely N-dealkylation sites (tertiary alicyclic amines) is 1. The molecule has 3 rings (SSSR count). The molecular formula is C14H21NO4. The summed E-state index contributed by atoms with van der Waals surface area (Å²) >= 11 is 0. The molecule has 3 unspecified atom stereocenters. The molecule has 0 bridgehead atoms. The fourth-order valence-corrected chi connectivity index (χ4v) is 3.55. The molecule has 0 N–H and O–H groups in total. The Bertz CT molecular complexity index is 391. The summed E-state index contributed by atoms with van der Waals surface area (Å²) in [6.45, 7) is 4.73. The van der Waals surface area contributed by atoms with Gasteiger partial charge in [-0.2, -0.15) is 0 Å². The normalized spacial score (nSPS) is 39.6. The number of hydrogen-bond donors (Lipinski definition) is 0. The van der Waals surface area contributed by atoms with E-state index < -0.39 is 5.41 Å². The van der Waals surface area contributed by atoms with Crippen molar-refractivity contribution in [2.24, 2.45) is 5.41 Å². The molecule has 19 heavy (non-hydrogen) atoms. The number of esters is 2. The molecule has 3 heterocycles. The molecule has 5 nitrogen and oxygen atoms in total. The smallest absolute Gasteiger partial charge is 0.324 e. The van der Waals surface area contributed by atoms with E-state index in [9.17, 15) is 9.59 Å². The van der Waals surface area contributed by atoms with E-state index in [2.05, 4.69) is 4.90 Å². The van der Waals surface area contributed by atoms with Crippen LogP contribution in [0.4, 0.5) is 0 Å². The van der Waals surface area contributed by atoms with Crippen LogP contribution in [-0.2, 0) is 19.1 Å². The number of hydrogen-bond acceptors (Lipinski definition) is 5. The van der Waals surface area contributed by atoms with Crippen molar-refractivity contribution < 1.29 is 19.1 Å². The number of rotatable bonds is 2. The molecule has 3 atom stereocenters. The van der Waals surface area contributed by atoms with Crippen molar-refractivity contribution in [3.63, 3.8) is 0 Å². The van der Waals surface area contributed by atoms with E-state index in [1.165, 1.54) is 19.3 Å². The van der Waals surface area contributed by atoms with Gasteiger partial charge in [-0.1, -0.05) is 6.42 Å². The molecule has 0 saturated carbocycles. The third-order valence-corrected chi connectivity index (χ3v) is 4.49. The van der Waals surface area contributed by atoms with Crippen LogP contribution >= 0.6 is 0 Å². The van der Waals surface area contributed by atoms with E-state index in [-0.39, 0.29) is 24.1 Å².